The van der Waals surface area contributed by atoms with Gasteiger partial charge in [-0.3, -0.25) is 19.2 Å². The Bertz CT molecular complexity index is 830. The summed E-state index contributed by atoms with van der Waals surface area (Å²) >= 11 is 0. The number of nitrogens with zero attached hydrogens (tertiary/aromatic N) is 6. The van der Waals surface area contributed by atoms with Crippen molar-refractivity contribution < 1.29 is 9.53 Å². The van der Waals surface area contributed by atoms with Gasteiger partial charge >= 0.3 is 0 Å². The molecule has 0 aliphatic carbocycles. The highest BCUT2D eigenvalue weighted by molar-refractivity contribution is 5.78. The van der Waals surface area contributed by atoms with Gasteiger partial charge in [0.15, 0.2) is 5.82 Å². The quantitative estimate of drug-likeness (QED) is 0.765. The van der Waals surface area contributed by atoms with Crippen molar-refractivity contribution in [2.24, 2.45) is 0 Å². The Hall–Kier alpha value is -2.32. The van der Waals surface area contributed by atoms with Crippen LogP contribution in [0.5, 0.6) is 0 Å². The molecule has 4 heterocycles. The van der Waals surface area contributed by atoms with Crippen LogP contribution in [0.15, 0.2) is 24.8 Å². The highest BCUT2D eigenvalue weighted by Gasteiger charge is 2.26. The molecule has 0 N–H and O–H groups in total. The summed E-state index contributed by atoms with van der Waals surface area (Å²) in [4.78, 5) is 30.6. The molecule has 2 fully saturated rings. The molecule has 2 aromatic rings. The van der Waals surface area contributed by atoms with Crippen molar-refractivity contribution in [1.29, 1.82) is 0 Å². The summed E-state index contributed by atoms with van der Waals surface area (Å²) < 4.78 is 7.37. The molecule has 0 bridgehead atoms. The molecule has 0 radical (unpaired) electrons. The molecule has 2 aliphatic heterocycles. The van der Waals surface area contributed by atoms with Crippen LogP contribution >= 0.6 is 0 Å². The number of amides is 1. The first-order valence-corrected chi connectivity index (χ1v) is 10.5. The second-order valence-corrected chi connectivity index (χ2v) is 8.18. The van der Waals surface area contributed by atoms with Crippen molar-refractivity contribution in [2.75, 3.05) is 45.9 Å². The van der Waals surface area contributed by atoms with Crippen LogP contribution in [0.3, 0.4) is 0 Å². The molecule has 29 heavy (non-hydrogen) atoms. The van der Waals surface area contributed by atoms with Crippen LogP contribution in [0.2, 0.25) is 0 Å². The highest BCUT2D eigenvalue weighted by Crippen LogP contribution is 2.26. The fourth-order valence-electron chi connectivity index (χ4n) is 4.16. The maximum atomic E-state index is 12.6. The summed E-state index contributed by atoms with van der Waals surface area (Å²) in [7, 11) is 0. The third-order valence-electron chi connectivity index (χ3n) is 5.72. The standard InChI is InChI=1S/C21H30N6O2/c1-16(2)21-23-5-7-27(21)19-13-22-12-18(24-19)17-4-3-6-25(14-17)15-20(28)26-8-10-29-11-9-26/h5,7,12-13,16-17H,3-4,6,8-11,14-15H2,1-2H3/t17-/m0/s1. The summed E-state index contributed by atoms with van der Waals surface area (Å²) in [6.07, 6.45) is 9.55. The van der Waals surface area contributed by atoms with E-state index in [0.29, 0.717) is 44.7 Å². The minimum Gasteiger partial charge on any atom is -0.378 e. The van der Waals surface area contributed by atoms with E-state index in [4.69, 9.17) is 9.72 Å². The van der Waals surface area contributed by atoms with Gasteiger partial charge in [-0.15, -0.1) is 0 Å². The average molecular weight is 399 g/mol. The first-order chi connectivity index (χ1) is 14.1. The molecule has 156 valence electrons. The van der Waals surface area contributed by atoms with Crippen LogP contribution in [0.4, 0.5) is 0 Å². The molecule has 2 aromatic heterocycles. The van der Waals surface area contributed by atoms with Crippen molar-refractivity contribution in [3.05, 3.63) is 36.3 Å². The van der Waals surface area contributed by atoms with Gasteiger partial charge in [-0.25, -0.2) is 9.97 Å². The zero-order valence-corrected chi connectivity index (χ0v) is 17.3. The topological polar surface area (TPSA) is 76.4 Å². The number of aromatic nitrogens is 4. The van der Waals surface area contributed by atoms with Crippen molar-refractivity contribution in [1.82, 2.24) is 29.3 Å². The number of hydrogen-bond donors (Lipinski definition) is 0. The van der Waals surface area contributed by atoms with E-state index in [2.05, 4.69) is 28.7 Å². The SMILES string of the molecule is CC(C)c1nccn1-c1cncc([C@H]2CCCN(CC(=O)N3CCOCC3)C2)n1. The average Bonchev–Trinajstić information content (AvgIpc) is 3.25. The first-order valence-electron chi connectivity index (χ1n) is 10.5. The summed E-state index contributed by atoms with van der Waals surface area (Å²) in [5.41, 5.74) is 0.995. The van der Waals surface area contributed by atoms with Gasteiger partial charge in [0.25, 0.3) is 0 Å². The fourth-order valence-corrected chi connectivity index (χ4v) is 4.16. The lowest BCUT2D eigenvalue weighted by Gasteiger charge is -2.34. The zero-order valence-electron chi connectivity index (χ0n) is 17.3. The minimum absolute atomic E-state index is 0.203. The molecule has 0 aromatic carbocycles. The van der Waals surface area contributed by atoms with Crippen molar-refractivity contribution >= 4 is 5.91 Å². The van der Waals surface area contributed by atoms with Gasteiger partial charge in [0.2, 0.25) is 5.91 Å². The highest BCUT2D eigenvalue weighted by atomic mass is 16.5. The predicted molar refractivity (Wildman–Crippen MR) is 109 cm³/mol. The monoisotopic (exact) mass is 398 g/mol. The van der Waals surface area contributed by atoms with Gasteiger partial charge in [0.05, 0.1) is 31.6 Å². The van der Waals surface area contributed by atoms with Gasteiger partial charge in [0, 0.05) is 50.1 Å². The number of carbonyl (C=O) groups excluding carboxylic acids is 1. The summed E-state index contributed by atoms with van der Waals surface area (Å²) in [5.74, 6) is 2.60. The number of ether oxygens (including phenoxy) is 1. The number of likely N-dealkylation sites (tertiary alicyclic amines) is 1. The molecule has 0 unspecified atom stereocenters. The molecule has 2 saturated heterocycles. The predicted octanol–water partition coefficient (Wildman–Crippen LogP) is 1.82. The first kappa shape index (κ1) is 20.0. The molecule has 1 amide bonds. The Balaban J connectivity index is 1.44. The summed E-state index contributed by atoms with van der Waals surface area (Å²) in [5, 5.41) is 0. The number of morpholine rings is 1. The van der Waals surface area contributed by atoms with E-state index in [1.54, 1.807) is 6.20 Å². The molecule has 1 atom stereocenters. The fraction of sp³-hybridized carbons (Fsp3) is 0.619. The Morgan fingerprint density at radius 1 is 1.24 bits per heavy atom. The third kappa shape index (κ3) is 4.64. The number of imidazole rings is 1. The minimum atomic E-state index is 0.203. The largest absolute Gasteiger partial charge is 0.378 e. The van der Waals surface area contributed by atoms with Crippen molar-refractivity contribution in [3.8, 4) is 5.82 Å². The van der Waals surface area contributed by atoms with Crippen LogP contribution in [-0.2, 0) is 9.53 Å². The van der Waals surface area contributed by atoms with E-state index in [0.717, 1.165) is 43.3 Å². The Morgan fingerprint density at radius 3 is 2.86 bits per heavy atom. The number of rotatable bonds is 5. The third-order valence-corrected chi connectivity index (χ3v) is 5.72. The van der Waals surface area contributed by atoms with Crippen LogP contribution in [0.25, 0.3) is 5.82 Å². The Kier molecular flexibility index (Phi) is 6.20. The van der Waals surface area contributed by atoms with E-state index < -0.39 is 0 Å². The van der Waals surface area contributed by atoms with E-state index in [1.807, 2.05) is 28.1 Å². The molecule has 0 spiro atoms. The van der Waals surface area contributed by atoms with Crippen LogP contribution < -0.4 is 0 Å². The number of hydrogen-bond acceptors (Lipinski definition) is 6. The molecule has 4 rings (SSSR count). The van der Waals surface area contributed by atoms with E-state index in [1.165, 1.54) is 0 Å². The molecule has 8 nitrogen and oxygen atoms in total. The molecule has 2 aliphatic rings. The maximum Gasteiger partial charge on any atom is 0.236 e. The van der Waals surface area contributed by atoms with E-state index >= 15 is 0 Å². The van der Waals surface area contributed by atoms with Gasteiger partial charge in [-0.2, -0.15) is 0 Å². The lowest BCUT2D eigenvalue weighted by molar-refractivity contribution is -0.136. The van der Waals surface area contributed by atoms with Crippen LogP contribution in [-0.4, -0.2) is 81.2 Å². The summed E-state index contributed by atoms with van der Waals surface area (Å²) in [6, 6.07) is 0. The van der Waals surface area contributed by atoms with Crippen molar-refractivity contribution in [3.63, 3.8) is 0 Å². The maximum absolute atomic E-state index is 12.6. The van der Waals surface area contributed by atoms with Crippen LogP contribution in [0.1, 0.15) is 50.0 Å². The molecule has 8 heteroatoms. The zero-order chi connectivity index (χ0) is 20.2. The molecule has 0 saturated carbocycles. The van der Waals surface area contributed by atoms with Gasteiger partial charge < -0.3 is 9.64 Å². The lowest BCUT2D eigenvalue weighted by atomic mass is 9.95. The van der Waals surface area contributed by atoms with E-state index in [9.17, 15) is 4.79 Å². The molecular formula is C21H30N6O2. The number of piperidine rings is 1. The van der Waals surface area contributed by atoms with Gasteiger partial charge in [0.1, 0.15) is 5.82 Å². The Labute approximate surface area is 171 Å². The number of carbonyl (C=O) groups is 1. The summed E-state index contributed by atoms with van der Waals surface area (Å²) in [6.45, 7) is 9.21. The Morgan fingerprint density at radius 2 is 2.07 bits per heavy atom. The second kappa shape index (κ2) is 9.00. The normalized spacial score (nSPS) is 20.9. The van der Waals surface area contributed by atoms with Gasteiger partial charge in [-0.05, 0) is 19.4 Å². The van der Waals surface area contributed by atoms with Crippen molar-refractivity contribution in [2.45, 2.75) is 38.5 Å². The molecular weight excluding hydrogens is 368 g/mol. The smallest absolute Gasteiger partial charge is 0.236 e. The van der Waals surface area contributed by atoms with Crippen LogP contribution in [0, 0.1) is 0 Å². The van der Waals surface area contributed by atoms with Gasteiger partial charge in [-0.1, -0.05) is 13.8 Å². The second-order valence-electron chi connectivity index (χ2n) is 8.18. The lowest BCUT2D eigenvalue weighted by Crippen LogP contribution is -2.47. The van der Waals surface area contributed by atoms with E-state index in [-0.39, 0.29) is 5.91 Å².